The van der Waals surface area contributed by atoms with Gasteiger partial charge in [-0.3, -0.25) is 4.79 Å². The number of alkyl carbamates (subject to hydrolysis) is 1. The minimum absolute atomic E-state index is 0. The summed E-state index contributed by atoms with van der Waals surface area (Å²) in [7, 11) is 2.20. The number of piperidine rings is 1. The third-order valence-corrected chi connectivity index (χ3v) is 8.66. The van der Waals surface area contributed by atoms with Gasteiger partial charge in [0.05, 0.1) is 0 Å². The molecule has 2 bridgehead atoms. The highest BCUT2D eigenvalue weighted by Crippen LogP contribution is 2.68. The predicted octanol–water partition coefficient (Wildman–Crippen LogP) is 2.64. The number of ether oxygens (including phenoxy) is 2. The lowest BCUT2D eigenvalue weighted by Gasteiger charge is -2.61. The highest BCUT2D eigenvalue weighted by Gasteiger charge is 2.71. The van der Waals surface area contributed by atoms with Crippen LogP contribution in [0.25, 0.3) is 0 Å². The number of hydrogen-bond acceptors (Lipinski definition) is 6. The van der Waals surface area contributed by atoms with Gasteiger partial charge in [0.2, 0.25) is 0 Å². The molecule has 9 heteroatoms. The van der Waals surface area contributed by atoms with E-state index in [1.165, 1.54) is 0 Å². The second-order valence-corrected chi connectivity index (χ2v) is 10.4. The van der Waals surface area contributed by atoms with Crippen LogP contribution in [0.1, 0.15) is 52.4 Å². The molecule has 32 heavy (non-hydrogen) atoms. The number of nitrogens with zero attached hydrogens (tertiary/aromatic N) is 1. The molecule has 2 saturated heterocycles. The summed E-state index contributed by atoms with van der Waals surface area (Å²) in [5.41, 5.74) is -0.183. The molecule has 2 saturated carbocycles. The maximum absolute atomic E-state index is 12.9. The lowest BCUT2D eigenvalue weighted by atomic mass is 9.46. The summed E-state index contributed by atoms with van der Waals surface area (Å²) in [5.74, 6) is 0.968. The molecular weight excluding hydrogens is 432 g/mol. The number of nitrogens with one attached hydrogen (secondary N) is 1. The molecule has 2 N–H and O–H groups in total. The summed E-state index contributed by atoms with van der Waals surface area (Å²) in [5, 5.41) is 11.8. The van der Waals surface area contributed by atoms with Crippen LogP contribution in [0.2, 0.25) is 0 Å². The number of likely N-dealkylation sites (tertiary alicyclic amines) is 1. The van der Waals surface area contributed by atoms with Gasteiger partial charge in [-0.05, 0) is 57.0 Å². The van der Waals surface area contributed by atoms with E-state index in [9.17, 15) is 19.5 Å². The maximum atomic E-state index is 12.9. The van der Waals surface area contributed by atoms with E-state index in [0.29, 0.717) is 42.2 Å². The number of Topliss-reactive ketones (excluding diaryl/α,β-unsaturated/α-hetero) is 1. The van der Waals surface area contributed by atoms with Crippen molar-refractivity contribution in [3.05, 3.63) is 11.5 Å². The number of aliphatic carboxylic acids is 1. The van der Waals surface area contributed by atoms with E-state index >= 15 is 0 Å². The quantitative estimate of drug-likeness (QED) is 0.656. The molecule has 4 unspecified atom stereocenters. The van der Waals surface area contributed by atoms with Crippen LogP contribution in [0.4, 0.5) is 4.79 Å². The van der Waals surface area contributed by atoms with Crippen LogP contribution in [-0.4, -0.2) is 59.6 Å². The lowest BCUT2D eigenvalue weighted by Crippen LogP contribution is -2.66. The van der Waals surface area contributed by atoms with E-state index in [1.807, 2.05) is 0 Å². The molecule has 8 nitrogen and oxygen atoms in total. The topological polar surface area (TPSA) is 105 Å². The summed E-state index contributed by atoms with van der Waals surface area (Å²) >= 11 is 0. The van der Waals surface area contributed by atoms with Gasteiger partial charge in [0, 0.05) is 30.2 Å². The number of carboxylic acids is 1. The Labute approximate surface area is 195 Å². The number of hydrogen-bond donors (Lipinski definition) is 2. The molecule has 3 aliphatic carbocycles. The molecule has 178 valence electrons. The van der Waals surface area contributed by atoms with Crippen molar-refractivity contribution in [3.8, 4) is 0 Å². The van der Waals surface area contributed by atoms with Gasteiger partial charge in [-0.25, -0.2) is 9.59 Å². The summed E-state index contributed by atoms with van der Waals surface area (Å²) in [6.07, 6.45) is 3.75. The average Bonchev–Trinajstić information content (AvgIpc) is 3.07. The minimum atomic E-state index is -1.09. The number of allylic oxidation sites excluding steroid dienone is 2. The van der Waals surface area contributed by atoms with Gasteiger partial charge in [-0.15, -0.1) is 0 Å². The Bertz CT molecular complexity index is 859. The lowest BCUT2D eigenvalue weighted by molar-refractivity contribution is -0.161. The second kappa shape index (κ2) is 8.24. The highest BCUT2D eigenvalue weighted by atomic mass is 32.1. The summed E-state index contributed by atoms with van der Waals surface area (Å²) in [6, 6.07) is -0.530. The van der Waals surface area contributed by atoms with Crippen molar-refractivity contribution in [1.29, 1.82) is 0 Å². The van der Waals surface area contributed by atoms with Crippen LogP contribution in [0.5, 0.6) is 0 Å². The zero-order valence-electron chi connectivity index (χ0n) is 18.9. The summed E-state index contributed by atoms with van der Waals surface area (Å²) in [4.78, 5) is 39.4. The molecule has 7 atom stereocenters. The number of amides is 1. The fourth-order valence-electron chi connectivity index (χ4n) is 7.36. The van der Waals surface area contributed by atoms with Gasteiger partial charge < -0.3 is 24.8 Å². The van der Waals surface area contributed by atoms with Crippen molar-refractivity contribution in [2.45, 2.75) is 70.6 Å². The first-order chi connectivity index (χ1) is 14.7. The largest absolute Gasteiger partial charge is 0.483 e. The van der Waals surface area contributed by atoms with E-state index < -0.39 is 24.2 Å². The molecule has 5 rings (SSSR count). The number of carbonyl (C=O) groups is 3. The minimum Gasteiger partial charge on any atom is -0.483 e. The SMILES string of the molecule is CC(C)[C@@H](NC(=O)OC1=C2OC3C(=O)CCC4[C@H]5CC(CC1)C2[C@@]34CCN5C)C(=O)O.S. The Balaban J connectivity index is 0.00000245. The van der Waals surface area contributed by atoms with Gasteiger partial charge >= 0.3 is 12.1 Å². The summed E-state index contributed by atoms with van der Waals surface area (Å²) in [6.45, 7) is 4.43. The Morgan fingerprint density at radius 3 is 2.72 bits per heavy atom. The van der Waals surface area contributed by atoms with Crippen molar-refractivity contribution < 1.29 is 29.0 Å². The van der Waals surface area contributed by atoms with E-state index in [4.69, 9.17) is 9.47 Å². The third kappa shape index (κ3) is 3.26. The molecule has 0 radical (unpaired) electrons. The van der Waals surface area contributed by atoms with Crippen molar-refractivity contribution >= 4 is 31.3 Å². The fourth-order valence-corrected chi connectivity index (χ4v) is 7.36. The average molecular weight is 467 g/mol. The molecule has 0 aromatic rings. The standard InChI is InChI=1S/C23H32N2O6.H2S/c1-11(2)18(21(27)28)24-22(29)30-16-7-4-12-10-14-13-5-6-15(26)20-23(13,8-9-25(14)3)17(12)19(16)31-20;/h11-14,17-18,20H,4-10H2,1-3H3,(H,24,29)(H,27,28);1H2/t12?,13?,14-,17?,18-,20?,23+;/m1./s1. The van der Waals surface area contributed by atoms with E-state index in [-0.39, 0.29) is 36.5 Å². The Morgan fingerprint density at radius 1 is 1.28 bits per heavy atom. The first-order valence-corrected chi connectivity index (χ1v) is 11.6. The number of ketones is 1. The molecule has 5 aliphatic rings. The molecule has 2 heterocycles. The van der Waals surface area contributed by atoms with Gasteiger partial charge in [-0.2, -0.15) is 13.5 Å². The van der Waals surface area contributed by atoms with Crippen molar-refractivity contribution in [1.82, 2.24) is 10.2 Å². The third-order valence-electron chi connectivity index (χ3n) is 8.66. The van der Waals surface area contributed by atoms with Crippen LogP contribution in [0.3, 0.4) is 0 Å². The first kappa shape index (κ1) is 23.4. The van der Waals surface area contributed by atoms with Crippen LogP contribution < -0.4 is 5.32 Å². The molecule has 0 aromatic carbocycles. The van der Waals surface area contributed by atoms with Gasteiger partial charge in [-0.1, -0.05) is 13.8 Å². The number of carboxylic acid groups (broad SMARTS) is 1. The van der Waals surface area contributed by atoms with E-state index in [1.54, 1.807) is 13.8 Å². The van der Waals surface area contributed by atoms with E-state index in [2.05, 4.69) is 17.3 Å². The predicted molar refractivity (Wildman–Crippen MR) is 120 cm³/mol. The van der Waals surface area contributed by atoms with Crippen LogP contribution in [0.15, 0.2) is 11.5 Å². The second-order valence-electron chi connectivity index (χ2n) is 10.4. The summed E-state index contributed by atoms with van der Waals surface area (Å²) < 4.78 is 12.0. The van der Waals surface area contributed by atoms with Gasteiger partial charge in [0.15, 0.2) is 11.9 Å². The Morgan fingerprint density at radius 2 is 2.03 bits per heavy atom. The monoisotopic (exact) mass is 466 g/mol. The molecule has 2 aliphatic heterocycles. The van der Waals surface area contributed by atoms with Crippen molar-refractivity contribution in [2.75, 3.05) is 13.6 Å². The molecule has 1 spiro atoms. The maximum Gasteiger partial charge on any atom is 0.413 e. The van der Waals surface area contributed by atoms with Gasteiger partial charge in [0.25, 0.3) is 0 Å². The fraction of sp³-hybridized carbons (Fsp3) is 0.783. The van der Waals surface area contributed by atoms with Gasteiger partial charge in [0.1, 0.15) is 17.6 Å². The van der Waals surface area contributed by atoms with Crippen LogP contribution in [-0.2, 0) is 19.1 Å². The number of rotatable bonds is 4. The normalized spacial score (nSPS) is 38.4. The first-order valence-electron chi connectivity index (χ1n) is 11.6. The molecule has 4 fully saturated rings. The van der Waals surface area contributed by atoms with Crippen molar-refractivity contribution in [3.63, 3.8) is 0 Å². The van der Waals surface area contributed by atoms with Crippen LogP contribution in [0, 0.1) is 29.1 Å². The van der Waals surface area contributed by atoms with E-state index in [0.717, 1.165) is 32.2 Å². The molecular formula is C23H34N2O6S. The zero-order chi connectivity index (χ0) is 22.1. The Kier molecular flexibility index (Phi) is 6.03. The zero-order valence-corrected chi connectivity index (χ0v) is 19.9. The van der Waals surface area contributed by atoms with Crippen LogP contribution >= 0.6 is 13.5 Å². The Hall–Kier alpha value is -1.74. The molecule has 0 aromatic heterocycles. The number of carbonyl (C=O) groups excluding carboxylic acids is 2. The smallest absolute Gasteiger partial charge is 0.413 e. The van der Waals surface area contributed by atoms with Crippen molar-refractivity contribution in [2.24, 2.45) is 29.1 Å². The highest BCUT2D eigenvalue weighted by molar-refractivity contribution is 7.59. The molecule has 1 amide bonds.